The van der Waals surface area contributed by atoms with Crippen LogP contribution in [0, 0.1) is 0 Å². The molecule has 1 aliphatic heterocycles. The number of nitrogens with zero attached hydrogens (tertiary/aromatic N) is 2. The summed E-state index contributed by atoms with van der Waals surface area (Å²) in [5, 5.41) is 0. The summed E-state index contributed by atoms with van der Waals surface area (Å²) in [5.74, 6) is 0. The third-order valence-electron chi connectivity index (χ3n) is 4.45. The third kappa shape index (κ3) is 4.30. The van der Waals surface area contributed by atoms with Gasteiger partial charge in [-0.15, -0.1) is 0 Å². The standard InChI is InChI=1S/C17H29N3/c1-3-16-14-19(2)11-7-12-20(16)13-10-17(18)15-8-5-4-6-9-15/h4-6,8-9,16-17H,3,7,10-14,18H2,1-2H3. The minimum atomic E-state index is 0.162. The fraction of sp³-hybridized carbons (Fsp3) is 0.647. The molecular formula is C17H29N3. The lowest BCUT2D eigenvalue weighted by Gasteiger charge is -2.31. The summed E-state index contributed by atoms with van der Waals surface area (Å²) >= 11 is 0. The van der Waals surface area contributed by atoms with Crippen molar-refractivity contribution in [2.75, 3.05) is 33.2 Å². The van der Waals surface area contributed by atoms with E-state index in [-0.39, 0.29) is 6.04 Å². The molecule has 1 aromatic carbocycles. The molecule has 0 radical (unpaired) electrons. The Balaban J connectivity index is 1.88. The molecule has 2 atom stereocenters. The summed E-state index contributed by atoms with van der Waals surface area (Å²) in [5.41, 5.74) is 7.59. The van der Waals surface area contributed by atoms with Crippen LogP contribution < -0.4 is 5.73 Å². The summed E-state index contributed by atoms with van der Waals surface area (Å²) in [6, 6.07) is 11.3. The topological polar surface area (TPSA) is 32.5 Å². The first-order chi connectivity index (χ1) is 9.70. The van der Waals surface area contributed by atoms with Gasteiger partial charge in [0.05, 0.1) is 0 Å². The average molecular weight is 275 g/mol. The fourth-order valence-electron chi connectivity index (χ4n) is 3.15. The molecule has 0 saturated carbocycles. The molecule has 3 nitrogen and oxygen atoms in total. The normalized spacial score (nSPS) is 23.4. The van der Waals surface area contributed by atoms with Crippen LogP contribution >= 0.6 is 0 Å². The number of nitrogens with two attached hydrogens (primary N) is 1. The Hall–Kier alpha value is -0.900. The predicted octanol–water partition coefficient (Wildman–Crippen LogP) is 2.49. The third-order valence-corrected chi connectivity index (χ3v) is 4.45. The molecule has 0 spiro atoms. The second-order valence-electron chi connectivity index (χ2n) is 6.02. The molecular weight excluding hydrogens is 246 g/mol. The first-order valence-corrected chi connectivity index (χ1v) is 7.93. The fourth-order valence-corrected chi connectivity index (χ4v) is 3.15. The Bertz CT molecular complexity index is 379. The highest BCUT2D eigenvalue weighted by Crippen LogP contribution is 2.17. The van der Waals surface area contributed by atoms with E-state index in [9.17, 15) is 0 Å². The van der Waals surface area contributed by atoms with Crippen molar-refractivity contribution in [3.05, 3.63) is 35.9 Å². The zero-order valence-corrected chi connectivity index (χ0v) is 13.0. The van der Waals surface area contributed by atoms with E-state index in [1.54, 1.807) is 0 Å². The van der Waals surface area contributed by atoms with Crippen LogP contribution in [-0.4, -0.2) is 49.1 Å². The SMILES string of the molecule is CCC1CN(C)CCCN1CCC(N)c1ccccc1. The van der Waals surface area contributed by atoms with E-state index in [0.717, 1.165) is 13.0 Å². The van der Waals surface area contributed by atoms with Gasteiger partial charge < -0.3 is 10.6 Å². The molecule has 0 bridgehead atoms. The number of likely N-dealkylation sites (N-methyl/N-ethyl adjacent to an activating group) is 1. The molecule has 3 heteroatoms. The maximum absolute atomic E-state index is 6.33. The summed E-state index contributed by atoms with van der Waals surface area (Å²) in [7, 11) is 2.24. The van der Waals surface area contributed by atoms with Gasteiger partial charge in [0.25, 0.3) is 0 Å². The van der Waals surface area contributed by atoms with Gasteiger partial charge in [-0.3, -0.25) is 4.90 Å². The van der Waals surface area contributed by atoms with Gasteiger partial charge in [-0.2, -0.15) is 0 Å². The van der Waals surface area contributed by atoms with E-state index >= 15 is 0 Å². The van der Waals surface area contributed by atoms with Crippen molar-refractivity contribution in [3.8, 4) is 0 Å². The highest BCUT2D eigenvalue weighted by Gasteiger charge is 2.22. The van der Waals surface area contributed by atoms with E-state index in [1.165, 1.54) is 38.0 Å². The second kappa shape index (κ2) is 7.77. The molecule has 0 aliphatic carbocycles. The lowest BCUT2D eigenvalue weighted by Crippen LogP contribution is -2.40. The lowest BCUT2D eigenvalue weighted by atomic mass is 10.0. The van der Waals surface area contributed by atoms with Crippen molar-refractivity contribution < 1.29 is 0 Å². The molecule has 20 heavy (non-hydrogen) atoms. The maximum atomic E-state index is 6.33. The zero-order chi connectivity index (χ0) is 14.4. The number of hydrogen-bond acceptors (Lipinski definition) is 3. The largest absolute Gasteiger partial charge is 0.324 e. The van der Waals surface area contributed by atoms with Crippen molar-refractivity contribution in [1.82, 2.24) is 9.80 Å². The monoisotopic (exact) mass is 275 g/mol. The van der Waals surface area contributed by atoms with Crippen LogP contribution in [0.25, 0.3) is 0 Å². The smallest absolute Gasteiger partial charge is 0.0307 e. The van der Waals surface area contributed by atoms with Crippen molar-refractivity contribution in [2.45, 2.75) is 38.3 Å². The zero-order valence-electron chi connectivity index (χ0n) is 13.0. The Labute approximate surface area is 123 Å². The highest BCUT2D eigenvalue weighted by molar-refractivity contribution is 5.18. The van der Waals surface area contributed by atoms with Gasteiger partial charge in [0.1, 0.15) is 0 Å². The first-order valence-electron chi connectivity index (χ1n) is 7.93. The molecule has 2 N–H and O–H groups in total. The van der Waals surface area contributed by atoms with Gasteiger partial charge in [0, 0.05) is 25.2 Å². The van der Waals surface area contributed by atoms with Crippen molar-refractivity contribution in [2.24, 2.45) is 5.73 Å². The molecule has 1 heterocycles. The van der Waals surface area contributed by atoms with E-state index < -0.39 is 0 Å². The Kier molecular flexibility index (Phi) is 6.02. The highest BCUT2D eigenvalue weighted by atomic mass is 15.2. The number of hydrogen-bond donors (Lipinski definition) is 1. The molecule has 0 aromatic heterocycles. The number of benzene rings is 1. The van der Waals surface area contributed by atoms with E-state index in [1.807, 2.05) is 6.07 Å². The molecule has 1 aliphatic rings. The van der Waals surface area contributed by atoms with Crippen LogP contribution in [0.3, 0.4) is 0 Å². The summed E-state index contributed by atoms with van der Waals surface area (Å²) < 4.78 is 0. The predicted molar refractivity (Wildman–Crippen MR) is 85.8 cm³/mol. The molecule has 1 saturated heterocycles. The minimum Gasteiger partial charge on any atom is -0.324 e. The van der Waals surface area contributed by atoms with Gasteiger partial charge in [0.15, 0.2) is 0 Å². The van der Waals surface area contributed by atoms with Gasteiger partial charge >= 0.3 is 0 Å². The molecule has 2 rings (SSSR count). The van der Waals surface area contributed by atoms with E-state index in [0.29, 0.717) is 6.04 Å². The van der Waals surface area contributed by atoms with Crippen LogP contribution in [0.5, 0.6) is 0 Å². The van der Waals surface area contributed by atoms with Crippen molar-refractivity contribution in [1.29, 1.82) is 0 Å². The number of rotatable bonds is 5. The molecule has 0 amide bonds. The van der Waals surface area contributed by atoms with Crippen LogP contribution in [0.1, 0.15) is 37.8 Å². The maximum Gasteiger partial charge on any atom is 0.0307 e. The second-order valence-corrected chi connectivity index (χ2v) is 6.02. The van der Waals surface area contributed by atoms with Gasteiger partial charge in [-0.05, 0) is 45.0 Å². The van der Waals surface area contributed by atoms with Crippen LogP contribution in [0.4, 0.5) is 0 Å². The Morgan fingerprint density at radius 3 is 2.70 bits per heavy atom. The van der Waals surface area contributed by atoms with Crippen LogP contribution in [0.15, 0.2) is 30.3 Å². The Morgan fingerprint density at radius 2 is 2.00 bits per heavy atom. The molecule has 1 aromatic rings. The van der Waals surface area contributed by atoms with Gasteiger partial charge in [0.2, 0.25) is 0 Å². The molecule has 2 unspecified atom stereocenters. The molecule has 112 valence electrons. The first kappa shape index (κ1) is 15.5. The van der Waals surface area contributed by atoms with Crippen molar-refractivity contribution >= 4 is 0 Å². The quantitative estimate of drug-likeness (QED) is 0.896. The van der Waals surface area contributed by atoms with Gasteiger partial charge in [-0.1, -0.05) is 37.3 Å². The lowest BCUT2D eigenvalue weighted by molar-refractivity contribution is 0.178. The summed E-state index contributed by atoms with van der Waals surface area (Å²) in [4.78, 5) is 5.11. The van der Waals surface area contributed by atoms with Crippen LogP contribution in [0.2, 0.25) is 0 Å². The van der Waals surface area contributed by atoms with E-state index in [2.05, 4.69) is 48.0 Å². The van der Waals surface area contributed by atoms with E-state index in [4.69, 9.17) is 5.73 Å². The summed E-state index contributed by atoms with van der Waals surface area (Å²) in [6.45, 7) is 7.04. The Morgan fingerprint density at radius 1 is 1.25 bits per heavy atom. The molecule has 1 fully saturated rings. The van der Waals surface area contributed by atoms with Crippen molar-refractivity contribution in [3.63, 3.8) is 0 Å². The minimum absolute atomic E-state index is 0.162. The van der Waals surface area contributed by atoms with Gasteiger partial charge in [-0.25, -0.2) is 0 Å². The van der Waals surface area contributed by atoms with Crippen LogP contribution in [-0.2, 0) is 0 Å². The average Bonchev–Trinajstić information content (AvgIpc) is 2.66. The summed E-state index contributed by atoms with van der Waals surface area (Å²) in [6.07, 6.45) is 3.54.